The Kier molecular flexibility index (Phi) is 8.81. The van der Waals surface area contributed by atoms with Crippen LogP contribution in [0.4, 0.5) is 0 Å². The molecule has 5 rings (SSSR count). The predicted octanol–water partition coefficient (Wildman–Crippen LogP) is 7.10. The number of carbonyl (C=O) groups excluding carboxylic acids is 1. The number of benzene rings is 4. The highest BCUT2D eigenvalue weighted by Gasteiger charge is 2.19. The third-order valence-corrected chi connectivity index (χ3v) is 7.01. The minimum atomic E-state index is -0.935. The van der Waals surface area contributed by atoms with E-state index in [1.54, 1.807) is 30.3 Å². The highest BCUT2D eigenvalue weighted by atomic mass is 35.5. The van der Waals surface area contributed by atoms with Crippen molar-refractivity contribution >= 4 is 17.6 Å². The lowest BCUT2D eigenvalue weighted by atomic mass is 9.96. The summed E-state index contributed by atoms with van der Waals surface area (Å²) in [4.78, 5) is 12.3. The first-order valence-corrected chi connectivity index (χ1v) is 13.6. The molecule has 9 heteroatoms. The van der Waals surface area contributed by atoms with Gasteiger partial charge in [0.25, 0.3) is 0 Å². The van der Waals surface area contributed by atoms with Crippen LogP contribution in [-0.2, 0) is 18.0 Å². The Morgan fingerprint density at radius 1 is 0.907 bits per heavy atom. The molecule has 8 nitrogen and oxygen atoms in total. The number of halogens is 1. The fourth-order valence-corrected chi connectivity index (χ4v) is 4.65. The van der Waals surface area contributed by atoms with Gasteiger partial charge in [-0.05, 0) is 59.0 Å². The predicted molar refractivity (Wildman–Crippen MR) is 159 cm³/mol. The van der Waals surface area contributed by atoms with Gasteiger partial charge in [0.15, 0.2) is 23.0 Å². The molecular weight excluding hydrogens is 568 g/mol. The number of hydrogen-bond acceptors (Lipinski definition) is 8. The van der Waals surface area contributed by atoms with Crippen molar-refractivity contribution in [3.8, 4) is 52.0 Å². The second kappa shape index (κ2) is 13.0. The molecule has 1 heterocycles. The number of rotatable bonds is 9. The SMILES string of the molecule is C=C(C#N)C(=O)Oc1cc(Cl)c(OCc2cccc(-c3ccc4c(c3)OCCO4)c2C)cc1OCc1cccc(C#N)c1. The minimum absolute atomic E-state index is 0.00743. The van der Waals surface area contributed by atoms with Gasteiger partial charge in [0.2, 0.25) is 0 Å². The van der Waals surface area contributed by atoms with Crippen LogP contribution in [0.1, 0.15) is 22.3 Å². The molecule has 0 aliphatic carbocycles. The average molecular weight is 593 g/mol. The maximum absolute atomic E-state index is 12.3. The summed E-state index contributed by atoms with van der Waals surface area (Å²) < 4.78 is 28.9. The van der Waals surface area contributed by atoms with Gasteiger partial charge in [0, 0.05) is 12.1 Å². The Labute approximate surface area is 253 Å². The van der Waals surface area contributed by atoms with Crippen molar-refractivity contribution in [2.45, 2.75) is 20.1 Å². The minimum Gasteiger partial charge on any atom is -0.487 e. The van der Waals surface area contributed by atoms with Gasteiger partial charge in [0.1, 0.15) is 43.8 Å². The second-order valence-electron chi connectivity index (χ2n) is 9.55. The van der Waals surface area contributed by atoms with Gasteiger partial charge in [-0.25, -0.2) is 4.79 Å². The maximum Gasteiger partial charge on any atom is 0.353 e. The molecule has 0 N–H and O–H groups in total. The Morgan fingerprint density at radius 3 is 2.47 bits per heavy atom. The quantitative estimate of drug-likeness (QED) is 0.0875. The third kappa shape index (κ3) is 6.73. The fraction of sp³-hybridized carbons (Fsp3) is 0.147. The molecule has 0 aromatic heterocycles. The van der Waals surface area contributed by atoms with E-state index in [4.69, 9.17) is 40.5 Å². The van der Waals surface area contributed by atoms with E-state index in [-0.39, 0.29) is 35.3 Å². The summed E-state index contributed by atoms with van der Waals surface area (Å²) in [7, 11) is 0. The second-order valence-corrected chi connectivity index (χ2v) is 9.95. The summed E-state index contributed by atoms with van der Waals surface area (Å²) in [6.07, 6.45) is 0. The molecule has 0 unspecified atom stereocenters. The monoisotopic (exact) mass is 592 g/mol. The Balaban J connectivity index is 1.39. The van der Waals surface area contributed by atoms with Crippen LogP contribution in [-0.4, -0.2) is 19.2 Å². The number of fused-ring (bicyclic) bond motifs is 1. The van der Waals surface area contributed by atoms with Gasteiger partial charge in [-0.2, -0.15) is 10.5 Å². The molecule has 0 bridgehead atoms. The molecule has 0 radical (unpaired) electrons. The van der Waals surface area contributed by atoms with Crippen LogP contribution >= 0.6 is 11.6 Å². The van der Waals surface area contributed by atoms with Crippen molar-refractivity contribution in [2.75, 3.05) is 13.2 Å². The molecule has 0 atom stereocenters. The maximum atomic E-state index is 12.3. The van der Waals surface area contributed by atoms with E-state index in [0.29, 0.717) is 30.3 Å². The van der Waals surface area contributed by atoms with E-state index in [1.165, 1.54) is 12.1 Å². The normalized spacial score (nSPS) is 11.5. The van der Waals surface area contributed by atoms with Gasteiger partial charge in [-0.15, -0.1) is 0 Å². The van der Waals surface area contributed by atoms with E-state index < -0.39 is 5.97 Å². The highest BCUT2D eigenvalue weighted by Crippen LogP contribution is 2.40. The lowest BCUT2D eigenvalue weighted by Crippen LogP contribution is -2.15. The fourth-order valence-electron chi connectivity index (χ4n) is 4.44. The van der Waals surface area contributed by atoms with E-state index in [9.17, 15) is 10.1 Å². The van der Waals surface area contributed by atoms with Crippen molar-refractivity contribution < 1.29 is 28.5 Å². The Hall–Kier alpha value is -5.44. The van der Waals surface area contributed by atoms with E-state index in [1.807, 2.05) is 43.3 Å². The number of esters is 1. The molecule has 0 saturated heterocycles. The van der Waals surface area contributed by atoms with Crippen molar-refractivity contribution in [1.29, 1.82) is 10.5 Å². The molecule has 43 heavy (non-hydrogen) atoms. The summed E-state index contributed by atoms with van der Waals surface area (Å²) in [6, 6.07) is 25.4. The first kappa shape index (κ1) is 29.1. The molecule has 214 valence electrons. The van der Waals surface area contributed by atoms with Crippen LogP contribution in [0, 0.1) is 29.6 Å². The molecule has 1 aliphatic rings. The summed E-state index contributed by atoms with van der Waals surface area (Å²) in [5.41, 5.74) is 4.78. The molecule has 0 saturated carbocycles. The van der Waals surface area contributed by atoms with Gasteiger partial charge < -0.3 is 23.7 Å². The van der Waals surface area contributed by atoms with Crippen LogP contribution in [0.25, 0.3) is 11.1 Å². The Morgan fingerprint density at radius 2 is 1.67 bits per heavy atom. The van der Waals surface area contributed by atoms with Crippen LogP contribution < -0.4 is 23.7 Å². The zero-order chi connectivity index (χ0) is 30.3. The first-order chi connectivity index (χ1) is 20.9. The number of nitriles is 2. The molecule has 4 aromatic carbocycles. The third-order valence-electron chi connectivity index (χ3n) is 6.72. The molecule has 0 spiro atoms. The number of ether oxygens (including phenoxy) is 5. The van der Waals surface area contributed by atoms with Gasteiger partial charge in [-0.3, -0.25) is 0 Å². The van der Waals surface area contributed by atoms with Gasteiger partial charge >= 0.3 is 5.97 Å². The summed E-state index contributed by atoms with van der Waals surface area (Å²) in [5, 5.41) is 18.4. The van der Waals surface area contributed by atoms with E-state index in [2.05, 4.69) is 12.6 Å². The molecule has 0 fully saturated rings. The smallest absolute Gasteiger partial charge is 0.353 e. The zero-order valence-electron chi connectivity index (χ0n) is 23.2. The van der Waals surface area contributed by atoms with Crippen LogP contribution in [0.5, 0.6) is 28.7 Å². The van der Waals surface area contributed by atoms with Gasteiger partial charge in [0.05, 0.1) is 16.7 Å². The van der Waals surface area contributed by atoms with Crippen molar-refractivity contribution in [2.24, 2.45) is 0 Å². The zero-order valence-corrected chi connectivity index (χ0v) is 23.9. The lowest BCUT2D eigenvalue weighted by molar-refractivity contribution is -0.129. The van der Waals surface area contributed by atoms with E-state index >= 15 is 0 Å². The lowest BCUT2D eigenvalue weighted by Gasteiger charge is -2.20. The standard InChI is InChI=1S/C34H25ClN2O6/c1-21(17-36)34(38)43-33-15-28(35)30(16-32(33)41-19-24-6-3-5-23(13-24)18-37)42-20-26-7-4-8-27(22(26)2)25-9-10-29-31(14-25)40-12-11-39-29/h3-10,13-16H,1,11-12,19-20H2,2H3. The first-order valence-electron chi connectivity index (χ1n) is 13.2. The van der Waals surface area contributed by atoms with Crippen LogP contribution in [0.3, 0.4) is 0 Å². The van der Waals surface area contributed by atoms with Crippen molar-refractivity contribution in [1.82, 2.24) is 0 Å². The number of hydrogen-bond donors (Lipinski definition) is 0. The number of carbonyl (C=O) groups is 1. The summed E-state index contributed by atoms with van der Waals surface area (Å²) >= 11 is 6.53. The topological polar surface area (TPSA) is 111 Å². The molecular formula is C34H25ClN2O6. The molecule has 0 amide bonds. The Bertz CT molecular complexity index is 1800. The summed E-state index contributed by atoms with van der Waals surface area (Å²) in [5.74, 6) is 0.946. The largest absolute Gasteiger partial charge is 0.487 e. The van der Waals surface area contributed by atoms with Crippen molar-refractivity contribution in [3.05, 3.63) is 112 Å². The molecule has 4 aromatic rings. The summed E-state index contributed by atoms with van der Waals surface area (Å²) in [6.45, 7) is 6.70. The van der Waals surface area contributed by atoms with Gasteiger partial charge in [-0.1, -0.05) is 54.6 Å². The van der Waals surface area contributed by atoms with Crippen molar-refractivity contribution in [3.63, 3.8) is 0 Å². The molecule has 1 aliphatic heterocycles. The highest BCUT2D eigenvalue weighted by molar-refractivity contribution is 6.32. The van der Waals surface area contributed by atoms with E-state index in [0.717, 1.165) is 33.6 Å². The average Bonchev–Trinajstić information content (AvgIpc) is 3.03. The van der Waals surface area contributed by atoms with Crippen LogP contribution in [0.15, 0.2) is 84.9 Å². The number of nitrogens with zero attached hydrogens (tertiary/aromatic N) is 2. The van der Waals surface area contributed by atoms with Crippen LogP contribution in [0.2, 0.25) is 5.02 Å².